The molecule has 6 heteroatoms. The lowest BCUT2D eigenvalue weighted by molar-refractivity contribution is -0.0344. The second kappa shape index (κ2) is 7.17. The first-order valence-electron chi connectivity index (χ1n) is 7.61. The van der Waals surface area contributed by atoms with E-state index in [1.165, 1.54) is 16.8 Å². The van der Waals surface area contributed by atoms with Crippen LogP contribution in [0.4, 0.5) is 0 Å². The zero-order valence-corrected chi connectivity index (χ0v) is 13.6. The standard InChI is InChI=1S/C16H21N3O2S/c1-12-4-7-22-15(12)10-19-5-6-21-14(9-19)3-2-13-8-16(20)18-11-17-13/h4,7-8,11,14H,2-3,5-6,9-10H2,1H3,(H,17,18,20)/t14-/m0/s1. The van der Waals surface area contributed by atoms with Crippen molar-refractivity contribution < 1.29 is 4.74 Å². The Labute approximate surface area is 134 Å². The second-order valence-electron chi connectivity index (χ2n) is 5.70. The van der Waals surface area contributed by atoms with E-state index in [2.05, 4.69) is 33.2 Å². The van der Waals surface area contributed by atoms with Crippen LogP contribution in [0.15, 0.2) is 28.6 Å². The van der Waals surface area contributed by atoms with Crippen LogP contribution in [0.1, 0.15) is 22.6 Å². The molecular weight excluding hydrogens is 298 g/mol. The van der Waals surface area contributed by atoms with Gasteiger partial charge >= 0.3 is 0 Å². The predicted molar refractivity (Wildman–Crippen MR) is 87.3 cm³/mol. The Hall–Kier alpha value is -1.50. The first-order valence-corrected chi connectivity index (χ1v) is 8.49. The Kier molecular flexibility index (Phi) is 5.02. The lowest BCUT2D eigenvalue weighted by Crippen LogP contribution is -2.42. The van der Waals surface area contributed by atoms with Crippen LogP contribution in [0, 0.1) is 6.92 Å². The van der Waals surface area contributed by atoms with Crippen LogP contribution < -0.4 is 5.56 Å². The summed E-state index contributed by atoms with van der Waals surface area (Å²) in [6, 6.07) is 3.74. The van der Waals surface area contributed by atoms with E-state index in [-0.39, 0.29) is 11.7 Å². The number of H-pyrrole nitrogens is 1. The average molecular weight is 319 g/mol. The molecule has 0 aliphatic carbocycles. The lowest BCUT2D eigenvalue weighted by Gasteiger charge is -2.32. The molecule has 1 saturated heterocycles. The molecule has 22 heavy (non-hydrogen) atoms. The van der Waals surface area contributed by atoms with Gasteiger partial charge < -0.3 is 9.72 Å². The third-order valence-electron chi connectivity index (χ3n) is 4.02. The molecule has 2 aromatic heterocycles. The smallest absolute Gasteiger partial charge is 0.250 e. The van der Waals surface area contributed by atoms with Gasteiger partial charge in [0.15, 0.2) is 0 Å². The molecular formula is C16H21N3O2S. The number of morpholine rings is 1. The first-order chi connectivity index (χ1) is 10.7. The number of hydrogen-bond donors (Lipinski definition) is 1. The van der Waals surface area contributed by atoms with Gasteiger partial charge in [0.2, 0.25) is 0 Å². The maximum absolute atomic E-state index is 11.3. The number of thiophene rings is 1. The molecule has 0 spiro atoms. The van der Waals surface area contributed by atoms with Crippen LogP contribution in [0.3, 0.4) is 0 Å². The number of rotatable bonds is 5. The van der Waals surface area contributed by atoms with Crippen molar-refractivity contribution in [1.82, 2.24) is 14.9 Å². The maximum Gasteiger partial charge on any atom is 0.250 e. The van der Waals surface area contributed by atoms with Crippen LogP contribution in [0.2, 0.25) is 0 Å². The summed E-state index contributed by atoms with van der Waals surface area (Å²) in [4.78, 5) is 21.9. The van der Waals surface area contributed by atoms with Crippen molar-refractivity contribution in [1.29, 1.82) is 0 Å². The summed E-state index contributed by atoms with van der Waals surface area (Å²) >= 11 is 1.83. The molecule has 0 saturated carbocycles. The van der Waals surface area contributed by atoms with E-state index >= 15 is 0 Å². The van der Waals surface area contributed by atoms with Crippen molar-refractivity contribution >= 4 is 11.3 Å². The Morgan fingerprint density at radius 3 is 3.23 bits per heavy atom. The molecule has 0 unspecified atom stereocenters. The average Bonchev–Trinajstić information content (AvgIpc) is 2.91. The Morgan fingerprint density at radius 2 is 2.45 bits per heavy atom. The molecule has 1 atom stereocenters. The minimum absolute atomic E-state index is 0.0932. The largest absolute Gasteiger partial charge is 0.376 e. The van der Waals surface area contributed by atoms with Crippen molar-refractivity contribution in [3.63, 3.8) is 0 Å². The van der Waals surface area contributed by atoms with Gasteiger partial charge in [-0.05, 0) is 36.8 Å². The fourth-order valence-electron chi connectivity index (χ4n) is 2.72. The highest BCUT2D eigenvalue weighted by atomic mass is 32.1. The third kappa shape index (κ3) is 4.03. The van der Waals surface area contributed by atoms with Gasteiger partial charge in [-0.25, -0.2) is 4.98 Å². The summed E-state index contributed by atoms with van der Waals surface area (Å²) in [5.41, 5.74) is 2.11. The van der Waals surface area contributed by atoms with Crippen LogP contribution >= 0.6 is 11.3 Å². The molecule has 0 amide bonds. The number of nitrogens with zero attached hydrogens (tertiary/aromatic N) is 2. The zero-order valence-electron chi connectivity index (χ0n) is 12.7. The fourth-order valence-corrected chi connectivity index (χ4v) is 3.67. The summed E-state index contributed by atoms with van der Waals surface area (Å²) in [7, 11) is 0. The molecule has 1 fully saturated rings. The van der Waals surface area contributed by atoms with Gasteiger partial charge in [0, 0.05) is 36.3 Å². The normalized spacial score (nSPS) is 19.4. The fraction of sp³-hybridized carbons (Fsp3) is 0.500. The number of aromatic amines is 1. The van der Waals surface area contributed by atoms with E-state index in [9.17, 15) is 4.79 Å². The van der Waals surface area contributed by atoms with Crippen LogP contribution in [-0.2, 0) is 17.7 Å². The van der Waals surface area contributed by atoms with Crippen molar-refractivity contribution in [2.45, 2.75) is 32.4 Å². The van der Waals surface area contributed by atoms with Gasteiger partial charge in [-0.3, -0.25) is 9.69 Å². The number of hydrogen-bond acceptors (Lipinski definition) is 5. The van der Waals surface area contributed by atoms with Gasteiger partial charge in [-0.15, -0.1) is 11.3 Å². The minimum Gasteiger partial charge on any atom is -0.376 e. The number of ether oxygens (including phenoxy) is 1. The van der Waals surface area contributed by atoms with Crippen molar-refractivity contribution in [2.75, 3.05) is 19.7 Å². The van der Waals surface area contributed by atoms with E-state index in [1.54, 1.807) is 6.07 Å². The predicted octanol–water partition coefficient (Wildman–Crippen LogP) is 1.97. The summed E-state index contributed by atoms with van der Waals surface area (Å²) in [6.45, 7) is 5.88. The molecule has 2 aromatic rings. The highest BCUT2D eigenvalue weighted by Crippen LogP contribution is 2.20. The molecule has 1 aliphatic heterocycles. The van der Waals surface area contributed by atoms with E-state index in [0.29, 0.717) is 0 Å². The van der Waals surface area contributed by atoms with Gasteiger partial charge in [0.1, 0.15) is 0 Å². The van der Waals surface area contributed by atoms with Crippen molar-refractivity contribution in [3.05, 3.63) is 50.3 Å². The number of aromatic nitrogens is 2. The zero-order chi connectivity index (χ0) is 15.4. The first kappa shape index (κ1) is 15.4. The van der Waals surface area contributed by atoms with Gasteiger partial charge in [-0.1, -0.05) is 0 Å². The Bertz CT molecular complexity index is 667. The molecule has 3 heterocycles. The number of aryl methyl sites for hydroxylation is 2. The van der Waals surface area contributed by atoms with Crippen molar-refractivity contribution in [3.8, 4) is 0 Å². The molecule has 1 N–H and O–H groups in total. The van der Waals surface area contributed by atoms with Gasteiger partial charge in [0.25, 0.3) is 5.56 Å². The maximum atomic E-state index is 11.3. The lowest BCUT2D eigenvalue weighted by atomic mass is 10.1. The molecule has 0 aromatic carbocycles. The topological polar surface area (TPSA) is 58.2 Å². The monoisotopic (exact) mass is 319 g/mol. The molecule has 0 radical (unpaired) electrons. The van der Waals surface area contributed by atoms with E-state index in [4.69, 9.17) is 4.74 Å². The van der Waals surface area contributed by atoms with Crippen LogP contribution in [-0.4, -0.2) is 40.7 Å². The molecule has 3 rings (SSSR count). The molecule has 1 aliphatic rings. The summed E-state index contributed by atoms with van der Waals surface area (Å²) in [5.74, 6) is 0. The molecule has 118 valence electrons. The van der Waals surface area contributed by atoms with Gasteiger partial charge in [0.05, 0.1) is 19.0 Å². The van der Waals surface area contributed by atoms with Crippen LogP contribution in [0.25, 0.3) is 0 Å². The number of nitrogens with one attached hydrogen (secondary N) is 1. The van der Waals surface area contributed by atoms with Crippen molar-refractivity contribution in [2.24, 2.45) is 0 Å². The Balaban J connectivity index is 1.52. The van der Waals surface area contributed by atoms with E-state index < -0.39 is 0 Å². The van der Waals surface area contributed by atoms with E-state index in [0.717, 1.165) is 44.8 Å². The quantitative estimate of drug-likeness (QED) is 0.915. The highest BCUT2D eigenvalue weighted by molar-refractivity contribution is 7.10. The summed E-state index contributed by atoms with van der Waals surface area (Å²) in [5, 5.41) is 2.15. The molecule has 0 bridgehead atoms. The second-order valence-corrected chi connectivity index (χ2v) is 6.70. The Morgan fingerprint density at radius 1 is 1.55 bits per heavy atom. The summed E-state index contributed by atoms with van der Waals surface area (Å²) < 4.78 is 5.86. The third-order valence-corrected chi connectivity index (χ3v) is 5.02. The minimum atomic E-state index is -0.0932. The SMILES string of the molecule is Cc1ccsc1CN1CCO[C@@H](CCc2cc(=O)[nH]cn2)C1. The highest BCUT2D eigenvalue weighted by Gasteiger charge is 2.21. The summed E-state index contributed by atoms with van der Waals surface area (Å²) in [6.07, 6.45) is 3.36. The van der Waals surface area contributed by atoms with Crippen LogP contribution in [0.5, 0.6) is 0 Å². The van der Waals surface area contributed by atoms with Gasteiger partial charge in [-0.2, -0.15) is 0 Å². The molecule has 5 nitrogen and oxygen atoms in total. The van der Waals surface area contributed by atoms with E-state index in [1.807, 2.05) is 11.3 Å².